The fraction of sp³-hybridized carbons (Fsp3) is 0.571. The molecular weight excluding hydrogens is 278 g/mol. The van der Waals surface area contributed by atoms with Crippen molar-refractivity contribution >= 4 is 15.9 Å². The van der Waals surface area contributed by atoms with Crippen molar-refractivity contribution in [2.24, 2.45) is 5.41 Å². The Bertz CT molecular complexity index is 388. The van der Waals surface area contributed by atoms with Gasteiger partial charge in [-0.2, -0.15) is 0 Å². The highest BCUT2D eigenvalue weighted by Crippen LogP contribution is 2.39. The molecule has 1 N–H and O–H groups in total. The second kappa shape index (κ2) is 5.40. The lowest BCUT2D eigenvalue weighted by molar-refractivity contribution is 0.156. The summed E-state index contributed by atoms with van der Waals surface area (Å²) in [6.45, 7) is 4.37. The molecule has 0 saturated heterocycles. The van der Waals surface area contributed by atoms with Crippen molar-refractivity contribution in [2.75, 3.05) is 13.7 Å². The summed E-state index contributed by atoms with van der Waals surface area (Å²) in [6.07, 6.45) is 4.11. The number of nitrogens with one attached hydrogen (secondary N) is 1. The molecule has 94 valence electrons. The molecule has 0 aliphatic heterocycles. The van der Waals surface area contributed by atoms with Gasteiger partial charge >= 0.3 is 0 Å². The molecule has 3 heteroatoms. The van der Waals surface area contributed by atoms with Crippen LogP contribution in [0.25, 0.3) is 0 Å². The SMILES string of the molecule is COc1ccc(Br)c(CNCC2(C)CCC2)c1. The minimum absolute atomic E-state index is 0.533. The zero-order valence-electron chi connectivity index (χ0n) is 10.6. The third kappa shape index (κ3) is 3.23. The molecule has 0 unspecified atom stereocenters. The molecule has 1 fully saturated rings. The van der Waals surface area contributed by atoms with Gasteiger partial charge in [-0.15, -0.1) is 0 Å². The first-order valence-corrected chi connectivity index (χ1v) is 6.95. The summed E-state index contributed by atoms with van der Waals surface area (Å²) in [7, 11) is 1.70. The minimum atomic E-state index is 0.533. The molecule has 0 spiro atoms. The Morgan fingerprint density at radius 1 is 1.41 bits per heavy atom. The summed E-state index contributed by atoms with van der Waals surface area (Å²) in [5.41, 5.74) is 1.79. The molecule has 0 bridgehead atoms. The Kier molecular flexibility index (Phi) is 4.10. The van der Waals surface area contributed by atoms with E-state index in [2.05, 4.69) is 34.2 Å². The summed E-state index contributed by atoms with van der Waals surface area (Å²) in [6, 6.07) is 6.10. The lowest BCUT2D eigenvalue weighted by atomic mass is 9.70. The van der Waals surface area contributed by atoms with E-state index in [0.29, 0.717) is 5.41 Å². The van der Waals surface area contributed by atoms with Gasteiger partial charge in [-0.25, -0.2) is 0 Å². The van der Waals surface area contributed by atoms with E-state index in [1.165, 1.54) is 24.8 Å². The van der Waals surface area contributed by atoms with Crippen molar-refractivity contribution < 1.29 is 4.74 Å². The van der Waals surface area contributed by atoms with E-state index >= 15 is 0 Å². The van der Waals surface area contributed by atoms with Gasteiger partial charge < -0.3 is 10.1 Å². The van der Waals surface area contributed by atoms with E-state index in [9.17, 15) is 0 Å². The highest BCUT2D eigenvalue weighted by atomic mass is 79.9. The fourth-order valence-corrected chi connectivity index (χ4v) is 2.66. The van der Waals surface area contributed by atoms with Crippen LogP contribution in [0.2, 0.25) is 0 Å². The van der Waals surface area contributed by atoms with Crippen LogP contribution in [0.5, 0.6) is 5.75 Å². The van der Waals surface area contributed by atoms with Crippen LogP contribution >= 0.6 is 15.9 Å². The summed E-state index contributed by atoms with van der Waals surface area (Å²) in [4.78, 5) is 0. The first kappa shape index (κ1) is 12.9. The maximum atomic E-state index is 5.24. The molecular formula is C14H20BrNO. The first-order valence-electron chi connectivity index (χ1n) is 6.16. The van der Waals surface area contributed by atoms with Crippen LogP contribution < -0.4 is 10.1 Å². The molecule has 1 saturated carbocycles. The number of hydrogen-bond acceptors (Lipinski definition) is 2. The Hall–Kier alpha value is -0.540. The molecule has 17 heavy (non-hydrogen) atoms. The van der Waals surface area contributed by atoms with Gasteiger partial charge in [0, 0.05) is 17.6 Å². The predicted molar refractivity (Wildman–Crippen MR) is 74.4 cm³/mol. The van der Waals surface area contributed by atoms with E-state index in [0.717, 1.165) is 23.3 Å². The normalized spacial score (nSPS) is 17.6. The summed E-state index contributed by atoms with van der Waals surface area (Å²) >= 11 is 3.58. The average Bonchev–Trinajstić information content (AvgIpc) is 2.29. The van der Waals surface area contributed by atoms with Crippen LogP contribution in [0.15, 0.2) is 22.7 Å². The zero-order chi connectivity index (χ0) is 12.3. The molecule has 0 amide bonds. The Balaban J connectivity index is 1.89. The Labute approximate surface area is 112 Å². The van der Waals surface area contributed by atoms with Crippen molar-refractivity contribution in [3.8, 4) is 5.75 Å². The van der Waals surface area contributed by atoms with Gasteiger partial charge in [-0.05, 0) is 42.0 Å². The fourth-order valence-electron chi connectivity index (χ4n) is 2.27. The van der Waals surface area contributed by atoms with Crippen LogP contribution in [-0.2, 0) is 6.54 Å². The van der Waals surface area contributed by atoms with Gasteiger partial charge in [0.25, 0.3) is 0 Å². The Morgan fingerprint density at radius 3 is 2.76 bits per heavy atom. The zero-order valence-corrected chi connectivity index (χ0v) is 12.1. The van der Waals surface area contributed by atoms with E-state index < -0.39 is 0 Å². The second-order valence-electron chi connectivity index (χ2n) is 5.23. The van der Waals surface area contributed by atoms with Crippen molar-refractivity contribution in [3.05, 3.63) is 28.2 Å². The average molecular weight is 298 g/mol. The van der Waals surface area contributed by atoms with Crippen molar-refractivity contribution in [3.63, 3.8) is 0 Å². The predicted octanol–water partition coefficient (Wildman–Crippen LogP) is 3.74. The Morgan fingerprint density at radius 2 is 2.18 bits per heavy atom. The molecule has 2 rings (SSSR count). The van der Waals surface area contributed by atoms with Crippen LogP contribution in [0, 0.1) is 5.41 Å². The van der Waals surface area contributed by atoms with Gasteiger partial charge in [0.05, 0.1) is 7.11 Å². The molecule has 1 aromatic carbocycles. The number of benzene rings is 1. The lowest BCUT2D eigenvalue weighted by Gasteiger charge is -2.38. The molecule has 0 heterocycles. The quantitative estimate of drug-likeness (QED) is 0.894. The van der Waals surface area contributed by atoms with Crippen LogP contribution in [0.1, 0.15) is 31.7 Å². The van der Waals surface area contributed by atoms with E-state index in [-0.39, 0.29) is 0 Å². The lowest BCUT2D eigenvalue weighted by Crippen LogP contribution is -2.37. The number of ether oxygens (including phenoxy) is 1. The monoisotopic (exact) mass is 297 g/mol. The summed E-state index contributed by atoms with van der Waals surface area (Å²) < 4.78 is 6.38. The molecule has 2 nitrogen and oxygen atoms in total. The largest absolute Gasteiger partial charge is 0.497 e. The van der Waals surface area contributed by atoms with Gasteiger partial charge in [0.2, 0.25) is 0 Å². The molecule has 1 aromatic rings. The van der Waals surface area contributed by atoms with Gasteiger partial charge in [0.15, 0.2) is 0 Å². The molecule has 0 radical (unpaired) electrons. The first-order chi connectivity index (χ1) is 8.13. The third-order valence-electron chi connectivity index (χ3n) is 3.68. The van der Waals surface area contributed by atoms with E-state index in [4.69, 9.17) is 4.74 Å². The molecule has 1 aliphatic rings. The second-order valence-corrected chi connectivity index (χ2v) is 6.08. The minimum Gasteiger partial charge on any atom is -0.497 e. The smallest absolute Gasteiger partial charge is 0.119 e. The maximum absolute atomic E-state index is 5.24. The summed E-state index contributed by atoms with van der Waals surface area (Å²) in [5, 5.41) is 3.55. The van der Waals surface area contributed by atoms with E-state index in [1.807, 2.05) is 12.1 Å². The number of methoxy groups -OCH3 is 1. The van der Waals surface area contributed by atoms with Gasteiger partial charge in [-0.3, -0.25) is 0 Å². The maximum Gasteiger partial charge on any atom is 0.119 e. The highest BCUT2D eigenvalue weighted by Gasteiger charge is 2.30. The van der Waals surface area contributed by atoms with Crippen molar-refractivity contribution in [2.45, 2.75) is 32.7 Å². The molecule has 0 atom stereocenters. The van der Waals surface area contributed by atoms with E-state index in [1.54, 1.807) is 7.11 Å². The summed E-state index contributed by atoms with van der Waals surface area (Å²) in [5.74, 6) is 0.917. The van der Waals surface area contributed by atoms with Crippen molar-refractivity contribution in [1.29, 1.82) is 0 Å². The van der Waals surface area contributed by atoms with Crippen LogP contribution in [0.3, 0.4) is 0 Å². The van der Waals surface area contributed by atoms with Gasteiger partial charge in [-0.1, -0.05) is 29.3 Å². The number of hydrogen-bond donors (Lipinski definition) is 1. The number of rotatable bonds is 5. The van der Waals surface area contributed by atoms with Gasteiger partial charge in [0.1, 0.15) is 5.75 Å². The highest BCUT2D eigenvalue weighted by molar-refractivity contribution is 9.10. The van der Waals surface area contributed by atoms with Crippen LogP contribution in [-0.4, -0.2) is 13.7 Å². The van der Waals surface area contributed by atoms with Crippen molar-refractivity contribution in [1.82, 2.24) is 5.32 Å². The third-order valence-corrected chi connectivity index (χ3v) is 4.45. The standard InChI is InChI=1S/C14H20BrNO/c1-14(6-3-7-14)10-16-9-11-8-12(17-2)4-5-13(11)15/h4-5,8,16H,3,6-7,9-10H2,1-2H3. The molecule has 0 aromatic heterocycles. The number of halogens is 1. The molecule has 1 aliphatic carbocycles. The topological polar surface area (TPSA) is 21.3 Å². The van der Waals surface area contributed by atoms with Crippen LogP contribution in [0.4, 0.5) is 0 Å².